The lowest BCUT2D eigenvalue weighted by Gasteiger charge is -2.33. The van der Waals surface area contributed by atoms with Gasteiger partial charge in [0.25, 0.3) is 5.91 Å². The fraction of sp³-hybridized carbons (Fsp3) is 0.643. The summed E-state index contributed by atoms with van der Waals surface area (Å²) >= 11 is 1.52. The third-order valence-electron chi connectivity index (χ3n) is 3.47. The summed E-state index contributed by atoms with van der Waals surface area (Å²) in [5, 5.41) is 2.84. The molecular weight excluding hydrogens is 288 g/mol. The van der Waals surface area contributed by atoms with Crippen molar-refractivity contribution in [1.82, 2.24) is 19.8 Å². The Hall–Kier alpha value is -1.50. The molecule has 2 amide bonds. The van der Waals surface area contributed by atoms with Crippen LogP contribution in [0.4, 0.5) is 0 Å². The number of rotatable bonds is 4. The molecule has 1 N–H and O–H groups in total. The molecule has 2 rings (SSSR count). The van der Waals surface area contributed by atoms with E-state index in [0.717, 1.165) is 5.82 Å². The third kappa shape index (κ3) is 3.40. The highest BCUT2D eigenvalue weighted by atomic mass is 32.2. The summed E-state index contributed by atoms with van der Waals surface area (Å²) in [7, 11) is 0. The molecule has 1 aromatic rings. The zero-order chi connectivity index (χ0) is 15.6. The van der Waals surface area contributed by atoms with E-state index in [4.69, 9.17) is 0 Å². The summed E-state index contributed by atoms with van der Waals surface area (Å²) in [5.41, 5.74) is 0.421. The minimum atomic E-state index is -0.166. The first-order valence-electron chi connectivity index (χ1n) is 7.10. The van der Waals surface area contributed by atoms with Crippen molar-refractivity contribution in [1.29, 1.82) is 0 Å². The van der Waals surface area contributed by atoms with Gasteiger partial charge in [0.1, 0.15) is 11.5 Å². The largest absolute Gasteiger partial charge is 0.348 e. The van der Waals surface area contributed by atoms with E-state index in [2.05, 4.69) is 10.3 Å². The van der Waals surface area contributed by atoms with Gasteiger partial charge in [-0.1, -0.05) is 0 Å². The maximum atomic E-state index is 12.1. The van der Waals surface area contributed by atoms with E-state index >= 15 is 0 Å². The van der Waals surface area contributed by atoms with Gasteiger partial charge in [0.2, 0.25) is 5.91 Å². The summed E-state index contributed by atoms with van der Waals surface area (Å²) in [5.74, 6) is 1.22. The Morgan fingerprint density at radius 3 is 2.81 bits per heavy atom. The van der Waals surface area contributed by atoms with Crippen LogP contribution in [0.15, 0.2) is 6.20 Å². The number of fused-ring (bicyclic) bond motifs is 1. The quantitative estimate of drug-likeness (QED) is 0.910. The van der Waals surface area contributed by atoms with E-state index in [1.807, 2.05) is 36.5 Å². The number of thioether (sulfide) groups is 1. The number of nitrogens with zero attached hydrogens (tertiary/aromatic N) is 3. The molecule has 0 unspecified atom stereocenters. The van der Waals surface area contributed by atoms with Crippen LogP contribution in [-0.4, -0.2) is 50.9 Å². The first-order chi connectivity index (χ1) is 9.93. The van der Waals surface area contributed by atoms with Gasteiger partial charge >= 0.3 is 0 Å². The van der Waals surface area contributed by atoms with E-state index in [9.17, 15) is 9.59 Å². The predicted molar refractivity (Wildman–Crippen MR) is 83.3 cm³/mol. The van der Waals surface area contributed by atoms with Crippen LogP contribution in [0.1, 0.15) is 43.1 Å². The Morgan fingerprint density at radius 1 is 1.48 bits per heavy atom. The predicted octanol–water partition coefficient (Wildman–Crippen LogP) is 1.29. The number of imidazole rings is 1. The van der Waals surface area contributed by atoms with Crippen LogP contribution in [0.5, 0.6) is 0 Å². The van der Waals surface area contributed by atoms with Crippen LogP contribution in [0.2, 0.25) is 0 Å². The van der Waals surface area contributed by atoms with Crippen LogP contribution in [0.3, 0.4) is 0 Å². The first-order valence-corrected chi connectivity index (χ1v) is 8.49. The molecule has 0 aromatic carbocycles. The van der Waals surface area contributed by atoms with Gasteiger partial charge in [-0.3, -0.25) is 9.59 Å². The van der Waals surface area contributed by atoms with Gasteiger partial charge in [0.05, 0.1) is 11.8 Å². The number of hydrogen-bond donors (Lipinski definition) is 1. The Bertz CT molecular complexity index is 541. The van der Waals surface area contributed by atoms with Crippen molar-refractivity contribution in [2.45, 2.75) is 39.4 Å². The van der Waals surface area contributed by atoms with E-state index in [1.54, 1.807) is 6.20 Å². The van der Waals surface area contributed by atoms with Crippen LogP contribution in [0.25, 0.3) is 0 Å². The number of carbonyl (C=O) groups excluding carboxylic acids is 2. The highest BCUT2D eigenvalue weighted by Gasteiger charge is 2.30. The average Bonchev–Trinajstić information content (AvgIpc) is 2.83. The van der Waals surface area contributed by atoms with E-state index < -0.39 is 0 Å². The average molecular weight is 310 g/mol. The van der Waals surface area contributed by atoms with Crippen molar-refractivity contribution >= 4 is 23.6 Å². The van der Waals surface area contributed by atoms with Gasteiger partial charge in [-0.25, -0.2) is 4.98 Å². The van der Waals surface area contributed by atoms with Gasteiger partial charge in [0.15, 0.2) is 0 Å². The monoisotopic (exact) mass is 310 g/mol. The van der Waals surface area contributed by atoms with E-state index in [0.29, 0.717) is 24.5 Å². The minimum Gasteiger partial charge on any atom is -0.348 e. The summed E-state index contributed by atoms with van der Waals surface area (Å²) in [6.45, 7) is 7.13. The highest BCUT2D eigenvalue weighted by Crippen LogP contribution is 2.25. The number of amides is 2. The van der Waals surface area contributed by atoms with Gasteiger partial charge in [-0.2, -0.15) is 11.8 Å². The molecule has 0 saturated heterocycles. The molecule has 0 spiro atoms. The van der Waals surface area contributed by atoms with Gasteiger partial charge in [-0.05, 0) is 27.0 Å². The number of carbonyl (C=O) groups is 2. The van der Waals surface area contributed by atoms with E-state index in [-0.39, 0.29) is 23.9 Å². The van der Waals surface area contributed by atoms with Crippen LogP contribution in [0, 0.1) is 0 Å². The van der Waals surface area contributed by atoms with Gasteiger partial charge < -0.3 is 14.8 Å². The molecule has 1 atom stereocenters. The zero-order valence-corrected chi connectivity index (χ0v) is 13.7. The summed E-state index contributed by atoms with van der Waals surface area (Å²) in [6, 6.07) is -0.0210. The Balaban J connectivity index is 2.18. The van der Waals surface area contributed by atoms with Crippen LogP contribution >= 0.6 is 11.8 Å². The number of aromatic nitrogens is 2. The van der Waals surface area contributed by atoms with Crippen molar-refractivity contribution < 1.29 is 9.59 Å². The second-order valence-corrected chi connectivity index (χ2v) is 6.37. The second kappa shape index (κ2) is 6.51. The summed E-state index contributed by atoms with van der Waals surface area (Å²) in [4.78, 5) is 30.4. The molecule has 1 aromatic heterocycles. The Morgan fingerprint density at radius 2 is 2.19 bits per heavy atom. The van der Waals surface area contributed by atoms with Crippen molar-refractivity contribution in [2.75, 3.05) is 18.6 Å². The van der Waals surface area contributed by atoms with Crippen molar-refractivity contribution in [3.63, 3.8) is 0 Å². The first kappa shape index (κ1) is 15.9. The maximum absolute atomic E-state index is 12.1. The van der Waals surface area contributed by atoms with Crippen LogP contribution in [-0.2, 0) is 11.3 Å². The molecule has 21 heavy (non-hydrogen) atoms. The van der Waals surface area contributed by atoms with Crippen molar-refractivity contribution in [2.24, 2.45) is 0 Å². The van der Waals surface area contributed by atoms with Crippen LogP contribution < -0.4 is 5.32 Å². The molecule has 0 bridgehead atoms. The smallest absolute Gasteiger partial charge is 0.271 e. The molecule has 1 aliphatic heterocycles. The molecule has 0 saturated carbocycles. The normalized spacial score (nSPS) is 17.8. The SMILES string of the molecule is CSCC(=O)N1CCn2cc(C(=O)NC(C)C)nc2[C@@H]1C. The molecule has 116 valence electrons. The molecule has 6 nitrogen and oxygen atoms in total. The van der Waals surface area contributed by atoms with Crippen molar-refractivity contribution in [3.8, 4) is 0 Å². The molecule has 1 aliphatic rings. The standard InChI is InChI=1S/C14H22N4O2S/c1-9(2)15-14(20)11-7-17-5-6-18(12(19)8-21-4)10(3)13(17)16-11/h7,9-10H,5-6,8H2,1-4H3,(H,15,20)/t10-/m0/s1. The molecule has 7 heteroatoms. The number of hydrogen-bond acceptors (Lipinski definition) is 4. The second-order valence-electron chi connectivity index (χ2n) is 5.50. The van der Waals surface area contributed by atoms with E-state index in [1.165, 1.54) is 11.8 Å². The Kier molecular flexibility index (Phi) is 4.92. The maximum Gasteiger partial charge on any atom is 0.271 e. The summed E-state index contributed by atoms with van der Waals surface area (Å²) in [6.07, 6.45) is 3.70. The number of nitrogens with one attached hydrogen (secondary N) is 1. The minimum absolute atomic E-state index is 0.0771. The highest BCUT2D eigenvalue weighted by molar-refractivity contribution is 7.99. The molecular formula is C14H22N4O2S. The molecule has 0 aliphatic carbocycles. The fourth-order valence-corrected chi connectivity index (χ4v) is 2.90. The molecule has 0 radical (unpaired) electrons. The van der Waals surface area contributed by atoms with Crippen molar-refractivity contribution in [3.05, 3.63) is 17.7 Å². The lowest BCUT2D eigenvalue weighted by atomic mass is 10.2. The third-order valence-corrected chi connectivity index (χ3v) is 4.01. The topological polar surface area (TPSA) is 67.2 Å². The lowest BCUT2D eigenvalue weighted by Crippen LogP contribution is -2.41. The fourth-order valence-electron chi connectivity index (χ4n) is 2.48. The van der Waals surface area contributed by atoms with Gasteiger partial charge in [-0.15, -0.1) is 0 Å². The summed E-state index contributed by atoms with van der Waals surface area (Å²) < 4.78 is 1.97. The van der Waals surface area contributed by atoms with Gasteiger partial charge in [0, 0.05) is 25.3 Å². The molecule has 2 heterocycles. The Labute approximate surface area is 129 Å². The zero-order valence-electron chi connectivity index (χ0n) is 12.9. The lowest BCUT2D eigenvalue weighted by molar-refractivity contribution is -0.131. The molecule has 0 fully saturated rings.